The molecular weight excluding hydrogens is 381 g/mol. The lowest BCUT2D eigenvalue weighted by Crippen LogP contribution is -2.41. The van der Waals surface area contributed by atoms with Crippen molar-refractivity contribution >= 4 is 5.97 Å². The Morgan fingerprint density at radius 1 is 1.03 bits per heavy atom. The van der Waals surface area contributed by atoms with Crippen molar-refractivity contribution in [2.24, 2.45) is 17.8 Å². The van der Waals surface area contributed by atoms with Gasteiger partial charge in [-0.05, 0) is 74.0 Å². The zero-order valence-corrected chi connectivity index (χ0v) is 17.0. The highest BCUT2D eigenvalue weighted by atomic mass is 19.4. The number of ether oxygens (including phenoxy) is 1. The fourth-order valence-electron chi connectivity index (χ4n) is 5.56. The Bertz CT molecular complexity index is 668. The van der Waals surface area contributed by atoms with Gasteiger partial charge in [0.15, 0.2) is 0 Å². The zero-order valence-electron chi connectivity index (χ0n) is 17.0. The Morgan fingerprint density at radius 3 is 2.07 bits per heavy atom. The third-order valence-electron chi connectivity index (χ3n) is 7.19. The van der Waals surface area contributed by atoms with Crippen LogP contribution in [-0.4, -0.2) is 17.4 Å². The summed E-state index contributed by atoms with van der Waals surface area (Å²) in [6.45, 7) is 2.24. The topological polar surface area (TPSA) is 46.5 Å². The van der Waals surface area contributed by atoms with Gasteiger partial charge in [-0.2, -0.15) is 0 Å². The van der Waals surface area contributed by atoms with E-state index in [0.29, 0.717) is 30.2 Å². The summed E-state index contributed by atoms with van der Waals surface area (Å²) >= 11 is 0. The van der Waals surface area contributed by atoms with Gasteiger partial charge in [0, 0.05) is 0 Å². The molecule has 0 spiro atoms. The van der Waals surface area contributed by atoms with Gasteiger partial charge in [0.2, 0.25) is 0 Å². The monoisotopic (exact) mass is 412 g/mol. The first-order valence-electron chi connectivity index (χ1n) is 10.8. The summed E-state index contributed by atoms with van der Waals surface area (Å²) < 4.78 is 41.0. The molecule has 3 rings (SSSR count). The summed E-state index contributed by atoms with van der Waals surface area (Å²) in [7, 11) is 0. The van der Waals surface area contributed by atoms with Crippen LogP contribution in [-0.2, 0) is 10.2 Å². The van der Waals surface area contributed by atoms with Crippen molar-refractivity contribution in [1.29, 1.82) is 0 Å². The van der Waals surface area contributed by atoms with Crippen molar-refractivity contribution in [1.82, 2.24) is 0 Å². The standard InChI is InChI=1S/C23H31F3O3/c1-2-3-16-4-6-17(7-5-16)18-12-14-22(15-13-18,21(27)28)19-8-10-20(11-9-19)29-23(24,25)26/h8-11,16-18H,2-7,12-15H2,1H3,(H,27,28). The molecule has 1 aromatic carbocycles. The highest BCUT2D eigenvalue weighted by molar-refractivity contribution is 5.81. The molecule has 2 aliphatic carbocycles. The van der Waals surface area contributed by atoms with E-state index in [1.54, 1.807) is 0 Å². The quantitative estimate of drug-likeness (QED) is 0.565. The van der Waals surface area contributed by atoms with Gasteiger partial charge in [-0.15, -0.1) is 13.2 Å². The average Bonchev–Trinajstić information content (AvgIpc) is 2.68. The predicted molar refractivity (Wildman–Crippen MR) is 105 cm³/mol. The lowest BCUT2D eigenvalue weighted by Gasteiger charge is -2.42. The van der Waals surface area contributed by atoms with Crippen LogP contribution in [0.3, 0.4) is 0 Å². The number of halogens is 3. The van der Waals surface area contributed by atoms with Crippen LogP contribution in [0.5, 0.6) is 5.75 Å². The molecule has 1 aromatic rings. The molecule has 2 fully saturated rings. The van der Waals surface area contributed by atoms with Crippen molar-refractivity contribution in [2.75, 3.05) is 0 Å². The smallest absolute Gasteiger partial charge is 0.481 e. The van der Waals surface area contributed by atoms with E-state index in [2.05, 4.69) is 11.7 Å². The molecule has 0 aliphatic heterocycles. The minimum atomic E-state index is -4.75. The Balaban J connectivity index is 1.64. The van der Waals surface area contributed by atoms with Gasteiger partial charge in [0.25, 0.3) is 0 Å². The highest BCUT2D eigenvalue weighted by Gasteiger charge is 2.45. The second-order valence-electron chi connectivity index (χ2n) is 8.87. The Morgan fingerprint density at radius 2 is 1.59 bits per heavy atom. The first-order valence-corrected chi connectivity index (χ1v) is 10.8. The largest absolute Gasteiger partial charge is 0.573 e. The lowest BCUT2D eigenvalue weighted by atomic mass is 9.62. The lowest BCUT2D eigenvalue weighted by molar-refractivity contribution is -0.274. The molecule has 0 bridgehead atoms. The third kappa shape index (κ3) is 5.26. The normalized spacial score (nSPS) is 30.7. The number of carboxylic acid groups (broad SMARTS) is 1. The van der Waals surface area contributed by atoms with E-state index in [0.717, 1.165) is 18.8 Å². The Kier molecular flexibility index (Phi) is 6.79. The number of aliphatic carboxylic acids is 1. The maximum Gasteiger partial charge on any atom is 0.573 e. The van der Waals surface area contributed by atoms with Crippen LogP contribution in [0.25, 0.3) is 0 Å². The number of hydrogen-bond donors (Lipinski definition) is 1. The summed E-state index contributed by atoms with van der Waals surface area (Å²) in [5.41, 5.74) is -0.434. The van der Waals surface area contributed by atoms with E-state index in [9.17, 15) is 23.1 Å². The predicted octanol–water partition coefficient (Wildman–Crippen LogP) is 6.70. The van der Waals surface area contributed by atoms with Crippen molar-refractivity contribution in [3.63, 3.8) is 0 Å². The van der Waals surface area contributed by atoms with Gasteiger partial charge in [0.1, 0.15) is 5.75 Å². The molecule has 1 N–H and O–H groups in total. The second-order valence-corrected chi connectivity index (χ2v) is 8.87. The molecule has 29 heavy (non-hydrogen) atoms. The molecule has 0 radical (unpaired) electrons. The van der Waals surface area contributed by atoms with Crippen LogP contribution in [0.15, 0.2) is 24.3 Å². The molecule has 3 nitrogen and oxygen atoms in total. The number of rotatable bonds is 6. The maximum atomic E-state index is 12.4. The molecule has 0 aromatic heterocycles. The summed E-state index contributed by atoms with van der Waals surface area (Å²) in [5, 5.41) is 9.98. The van der Waals surface area contributed by atoms with Crippen molar-refractivity contribution in [2.45, 2.75) is 82.9 Å². The maximum absolute atomic E-state index is 12.4. The van der Waals surface area contributed by atoms with Crippen molar-refractivity contribution in [3.8, 4) is 5.75 Å². The van der Waals surface area contributed by atoms with Crippen LogP contribution >= 0.6 is 0 Å². The van der Waals surface area contributed by atoms with Gasteiger partial charge < -0.3 is 9.84 Å². The van der Waals surface area contributed by atoms with Gasteiger partial charge in [0.05, 0.1) is 5.41 Å². The van der Waals surface area contributed by atoms with Gasteiger partial charge in [-0.3, -0.25) is 4.79 Å². The Hall–Kier alpha value is -1.72. The third-order valence-corrected chi connectivity index (χ3v) is 7.19. The SMILES string of the molecule is CCCC1CCC(C2CCC(C(=O)O)(c3ccc(OC(F)(F)F)cc3)CC2)CC1. The summed E-state index contributed by atoms with van der Waals surface area (Å²) in [6, 6.07) is 5.39. The summed E-state index contributed by atoms with van der Waals surface area (Å²) in [6.07, 6.45) is 5.72. The molecule has 0 amide bonds. The molecule has 162 valence electrons. The van der Waals surface area contributed by atoms with E-state index >= 15 is 0 Å². The van der Waals surface area contributed by atoms with Crippen molar-refractivity contribution < 1.29 is 27.8 Å². The number of benzene rings is 1. The molecule has 6 heteroatoms. The minimum absolute atomic E-state index is 0.320. The number of carboxylic acids is 1. The van der Waals surface area contributed by atoms with Crippen LogP contribution in [0.1, 0.15) is 76.7 Å². The number of hydrogen-bond acceptors (Lipinski definition) is 2. The van der Waals surface area contributed by atoms with E-state index < -0.39 is 17.7 Å². The van der Waals surface area contributed by atoms with Crippen LogP contribution in [0.2, 0.25) is 0 Å². The fraction of sp³-hybridized carbons (Fsp3) is 0.696. The zero-order chi connectivity index (χ0) is 21.1. The second kappa shape index (κ2) is 8.97. The van der Waals surface area contributed by atoms with E-state index in [4.69, 9.17) is 0 Å². The molecule has 0 heterocycles. The molecule has 2 aliphatic rings. The summed E-state index contributed by atoms with van der Waals surface area (Å²) in [4.78, 5) is 12.2. The highest BCUT2D eigenvalue weighted by Crippen LogP contribution is 2.47. The van der Waals surface area contributed by atoms with Crippen LogP contribution < -0.4 is 4.74 Å². The van der Waals surface area contributed by atoms with Gasteiger partial charge >= 0.3 is 12.3 Å². The van der Waals surface area contributed by atoms with E-state index in [-0.39, 0.29) is 5.75 Å². The molecular formula is C23H31F3O3. The molecule has 0 atom stereocenters. The first-order chi connectivity index (χ1) is 13.7. The average molecular weight is 412 g/mol. The molecule has 0 unspecified atom stereocenters. The van der Waals surface area contributed by atoms with E-state index in [1.807, 2.05) is 0 Å². The number of alkyl halides is 3. The molecule has 2 saturated carbocycles. The fourth-order valence-corrected chi connectivity index (χ4v) is 5.56. The van der Waals surface area contributed by atoms with Crippen LogP contribution in [0, 0.1) is 17.8 Å². The van der Waals surface area contributed by atoms with Gasteiger partial charge in [-0.1, -0.05) is 44.7 Å². The number of carbonyl (C=O) groups is 1. The van der Waals surface area contributed by atoms with Crippen LogP contribution in [0.4, 0.5) is 13.2 Å². The molecule has 0 saturated heterocycles. The van der Waals surface area contributed by atoms with E-state index in [1.165, 1.54) is 62.8 Å². The Labute approximate surface area is 170 Å². The van der Waals surface area contributed by atoms with Crippen molar-refractivity contribution in [3.05, 3.63) is 29.8 Å². The first kappa shape index (κ1) is 22.0. The summed E-state index contributed by atoms with van der Waals surface area (Å²) in [5.74, 6) is 0.914. The minimum Gasteiger partial charge on any atom is -0.481 e. The van der Waals surface area contributed by atoms with Gasteiger partial charge in [-0.25, -0.2) is 0 Å².